The minimum absolute atomic E-state index is 0.456. The van der Waals surface area contributed by atoms with E-state index in [0.29, 0.717) is 6.04 Å². The van der Waals surface area contributed by atoms with E-state index in [-0.39, 0.29) is 0 Å². The topological polar surface area (TPSA) is 55.0 Å². The van der Waals surface area contributed by atoms with Gasteiger partial charge < -0.3 is 10.6 Å². The predicted molar refractivity (Wildman–Crippen MR) is 74.8 cm³/mol. The average Bonchev–Trinajstić information content (AvgIpc) is 2.39. The second kappa shape index (κ2) is 6.14. The Morgan fingerprint density at radius 2 is 2.06 bits per heavy atom. The van der Waals surface area contributed by atoms with Crippen LogP contribution in [0.2, 0.25) is 0 Å². The Bertz CT molecular complexity index is 389. The van der Waals surface area contributed by atoms with Gasteiger partial charge in [-0.1, -0.05) is 0 Å². The standard InChI is InChI=1S/C14H24N4/c1-11(2)18(9-5-8-15)14-12-6-3-4-7-13(12)16-10-17-14/h10-11H,3-9,15H2,1-2H3. The first-order valence-electron chi connectivity index (χ1n) is 7.03. The second-order valence-corrected chi connectivity index (χ2v) is 5.26. The van der Waals surface area contributed by atoms with E-state index >= 15 is 0 Å². The highest BCUT2D eigenvalue weighted by atomic mass is 15.2. The number of rotatable bonds is 5. The van der Waals surface area contributed by atoms with Gasteiger partial charge in [-0.05, 0) is 52.5 Å². The summed E-state index contributed by atoms with van der Waals surface area (Å²) in [6.07, 6.45) is 7.48. The highest BCUT2D eigenvalue weighted by Gasteiger charge is 2.20. The van der Waals surface area contributed by atoms with Crippen molar-refractivity contribution < 1.29 is 0 Å². The van der Waals surface area contributed by atoms with Gasteiger partial charge in [-0.2, -0.15) is 0 Å². The number of aryl methyl sites for hydroxylation is 1. The number of nitrogens with two attached hydrogens (primary N) is 1. The van der Waals surface area contributed by atoms with Crippen LogP contribution in [0.5, 0.6) is 0 Å². The summed E-state index contributed by atoms with van der Waals surface area (Å²) >= 11 is 0. The molecular weight excluding hydrogens is 224 g/mol. The van der Waals surface area contributed by atoms with E-state index in [9.17, 15) is 0 Å². The van der Waals surface area contributed by atoms with E-state index in [1.807, 2.05) is 0 Å². The molecule has 0 aromatic carbocycles. The third-order valence-corrected chi connectivity index (χ3v) is 3.60. The van der Waals surface area contributed by atoms with E-state index in [2.05, 4.69) is 28.7 Å². The van der Waals surface area contributed by atoms with Gasteiger partial charge in [-0.3, -0.25) is 0 Å². The monoisotopic (exact) mass is 248 g/mol. The minimum Gasteiger partial charge on any atom is -0.354 e. The lowest BCUT2D eigenvalue weighted by Gasteiger charge is -2.31. The van der Waals surface area contributed by atoms with Crippen LogP contribution >= 0.6 is 0 Å². The summed E-state index contributed by atoms with van der Waals surface area (Å²) < 4.78 is 0. The van der Waals surface area contributed by atoms with Gasteiger partial charge in [-0.25, -0.2) is 9.97 Å². The summed E-state index contributed by atoms with van der Waals surface area (Å²) in [6.45, 7) is 6.15. The molecule has 100 valence electrons. The van der Waals surface area contributed by atoms with Crippen LogP contribution in [-0.2, 0) is 12.8 Å². The lowest BCUT2D eigenvalue weighted by atomic mass is 9.96. The molecule has 0 bridgehead atoms. The third-order valence-electron chi connectivity index (χ3n) is 3.60. The molecule has 2 rings (SSSR count). The van der Waals surface area contributed by atoms with Crippen LogP contribution < -0.4 is 10.6 Å². The zero-order valence-electron chi connectivity index (χ0n) is 11.5. The molecule has 1 aromatic rings. The number of anilines is 1. The maximum Gasteiger partial charge on any atom is 0.135 e. The fraction of sp³-hybridized carbons (Fsp3) is 0.714. The van der Waals surface area contributed by atoms with E-state index in [1.54, 1.807) is 6.33 Å². The predicted octanol–water partition coefficient (Wildman–Crippen LogP) is 1.92. The van der Waals surface area contributed by atoms with Gasteiger partial charge in [0.15, 0.2) is 0 Å². The molecule has 0 spiro atoms. The molecule has 0 unspecified atom stereocenters. The molecule has 1 aliphatic rings. The van der Waals surface area contributed by atoms with Crippen LogP contribution in [0.25, 0.3) is 0 Å². The smallest absolute Gasteiger partial charge is 0.135 e. The van der Waals surface area contributed by atoms with Crippen molar-refractivity contribution in [3.63, 3.8) is 0 Å². The van der Waals surface area contributed by atoms with E-state index in [0.717, 1.165) is 38.2 Å². The molecule has 0 aliphatic heterocycles. The molecule has 0 saturated carbocycles. The Labute approximate surface area is 110 Å². The number of hydrogen-bond donors (Lipinski definition) is 1. The summed E-state index contributed by atoms with van der Waals surface area (Å²) in [5.74, 6) is 1.14. The van der Waals surface area contributed by atoms with E-state index in [4.69, 9.17) is 5.73 Å². The van der Waals surface area contributed by atoms with Gasteiger partial charge in [0.1, 0.15) is 12.1 Å². The third kappa shape index (κ3) is 2.80. The van der Waals surface area contributed by atoms with Crippen LogP contribution in [0, 0.1) is 0 Å². The van der Waals surface area contributed by atoms with Gasteiger partial charge in [0, 0.05) is 23.8 Å². The average molecular weight is 248 g/mol. The van der Waals surface area contributed by atoms with Crippen molar-refractivity contribution in [2.45, 2.75) is 52.0 Å². The molecule has 0 amide bonds. The molecule has 18 heavy (non-hydrogen) atoms. The molecule has 0 saturated heterocycles. The molecule has 2 N–H and O–H groups in total. The molecule has 0 radical (unpaired) electrons. The van der Waals surface area contributed by atoms with Gasteiger partial charge >= 0.3 is 0 Å². The highest BCUT2D eigenvalue weighted by molar-refractivity contribution is 5.50. The molecule has 0 atom stereocenters. The first kappa shape index (κ1) is 13.3. The summed E-state index contributed by atoms with van der Waals surface area (Å²) in [5, 5.41) is 0. The molecule has 1 aromatic heterocycles. The maximum absolute atomic E-state index is 5.63. The van der Waals surface area contributed by atoms with Crippen LogP contribution in [0.3, 0.4) is 0 Å². The zero-order valence-corrected chi connectivity index (χ0v) is 11.5. The fourth-order valence-corrected chi connectivity index (χ4v) is 2.62. The van der Waals surface area contributed by atoms with Gasteiger partial charge in [0.05, 0.1) is 0 Å². The Morgan fingerprint density at radius 1 is 1.28 bits per heavy atom. The van der Waals surface area contributed by atoms with E-state index in [1.165, 1.54) is 24.1 Å². The van der Waals surface area contributed by atoms with Crippen molar-refractivity contribution in [1.29, 1.82) is 0 Å². The van der Waals surface area contributed by atoms with Crippen LogP contribution in [0.15, 0.2) is 6.33 Å². The summed E-state index contributed by atoms with van der Waals surface area (Å²) in [4.78, 5) is 11.4. The maximum atomic E-state index is 5.63. The van der Waals surface area contributed by atoms with Crippen molar-refractivity contribution >= 4 is 5.82 Å². The number of nitrogens with zero attached hydrogens (tertiary/aromatic N) is 3. The van der Waals surface area contributed by atoms with Gasteiger partial charge in [0.25, 0.3) is 0 Å². The van der Waals surface area contributed by atoms with Crippen molar-refractivity contribution in [2.75, 3.05) is 18.0 Å². The second-order valence-electron chi connectivity index (χ2n) is 5.26. The summed E-state index contributed by atoms with van der Waals surface area (Å²) in [5.41, 5.74) is 8.26. The number of fused-ring (bicyclic) bond motifs is 1. The quantitative estimate of drug-likeness (QED) is 0.865. The van der Waals surface area contributed by atoms with Gasteiger partial charge in [-0.15, -0.1) is 0 Å². The molecule has 4 nitrogen and oxygen atoms in total. The number of aromatic nitrogens is 2. The molecule has 4 heteroatoms. The molecule has 1 heterocycles. The van der Waals surface area contributed by atoms with Crippen LogP contribution in [-0.4, -0.2) is 29.1 Å². The van der Waals surface area contributed by atoms with E-state index < -0.39 is 0 Å². The molecule has 1 aliphatic carbocycles. The molecule has 0 fully saturated rings. The Morgan fingerprint density at radius 3 is 2.78 bits per heavy atom. The van der Waals surface area contributed by atoms with Gasteiger partial charge in [0.2, 0.25) is 0 Å². The largest absolute Gasteiger partial charge is 0.354 e. The Kier molecular flexibility index (Phi) is 4.53. The first-order valence-corrected chi connectivity index (χ1v) is 7.03. The number of hydrogen-bond acceptors (Lipinski definition) is 4. The summed E-state index contributed by atoms with van der Waals surface area (Å²) in [6, 6.07) is 0.456. The van der Waals surface area contributed by atoms with Crippen molar-refractivity contribution in [3.05, 3.63) is 17.6 Å². The zero-order chi connectivity index (χ0) is 13.0. The first-order chi connectivity index (χ1) is 8.74. The van der Waals surface area contributed by atoms with Crippen molar-refractivity contribution in [2.24, 2.45) is 5.73 Å². The summed E-state index contributed by atoms with van der Waals surface area (Å²) in [7, 11) is 0. The van der Waals surface area contributed by atoms with Crippen LogP contribution in [0.4, 0.5) is 5.82 Å². The Hall–Kier alpha value is -1.16. The fourth-order valence-electron chi connectivity index (χ4n) is 2.62. The molecular formula is C14H24N4. The lowest BCUT2D eigenvalue weighted by Crippen LogP contribution is -2.35. The Balaban J connectivity index is 2.29. The van der Waals surface area contributed by atoms with Crippen molar-refractivity contribution in [1.82, 2.24) is 9.97 Å². The normalized spacial score (nSPS) is 14.7. The minimum atomic E-state index is 0.456. The lowest BCUT2D eigenvalue weighted by molar-refractivity contribution is 0.620. The SMILES string of the molecule is CC(C)N(CCCN)c1ncnc2c1CCCC2. The highest BCUT2D eigenvalue weighted by Crippen LogP contribution is 2.28. The van der Waals surface area contributed by atoms with Crippen molar-refractivity contribution in [3.8, 4) is 0 Å². The van der Waals surface area contributed by atoms with Crippen LogP contribution in [0.1, 0.15) is 44.4 Å².